The molecule has 0 fully saturated rings. The number of halogens is 1. The van der Waals surface area contributed by atoms with Crippen LogP contribution in [0, 0.1) is 0 Å². The third-order valence-electron chi connectivity index (χ3n) is 1.23. The maximum atomic E-state index is 9.18. The van der Waals surface area contributed by atoms with Gasteiger partial charge in [0.15, 0.2) is 0 Å². The maximum absolute atomic E-state index is 9.18. The molecule has 0 radical (unpaired) electrons. The van der Waals surface area contributed by atoms with E-state index >= 15 is 0 Å². The quantitative estimate of drug-likeness (QED) is 0.604. The fourth-order valence-corrected chi connectivity index (χ4v) is 1.01. The highest BCUT2D eigenvalue weighted by molar-refractivity contribution is 9.08. The Morgan fingerprint density at radius 1 is 1.38 bits per heavy atom. The smallest absolute Gasteiger partial charge is 0.293 e. The summed E-state index contributed by atoms with van der Waals surface area (Å²) in [7, 11) is 0. The van der Waals surface area contributed by atoms with Crippen molar-refractivity contribution in [1.29, 1.82) is 0 Å². The summed E-state index contributed by atoms with van der Waals surface area (Å²) in [6.45, 7) is 2.66. The fraction of sp³-hybridized carbons (Fsp3) is 0.300. The Labute approximate surface area is 87.0 Å². The molecule has 0 bridgehead atoms. The van der Waals surface area contributed by atoms with Crippen molar-refractivity contribution in [2.45, 2.75) is 12.3 Å². The molecule has 0 N–H and O–H groups in total. The van der Waals surface area contributed by atoms with Crippen LogP contribution in [0.3, 0.4) is 0 Å². The van der Waals surface area contributed by atoms with Gasteiger partial charge in [-0.25, -0.2) is 0 Å². The van der Waals surface area contributed by atoms with Crippen LogP contribution in [0.1, 0.15) is 12.5 Å². The second kappa shape index (κ2) is 9.26. The van der Waals surface area contributed by atoms with Gasteiger partial charge >= 0.3 is 0 Å². The Morgan fingerprint density at radius 2 is 2.00 bits per heavy atom. The molecule has 0 aliphatic carbocycles. The zero-order chi connectivity index (χ0) is 9.94. The maximum Gasteiger partial charge on any atom is 0.293 e. The zero-order valence-electron chi connectivity index (χ0n) is 7.57. The van der Waals surface area contributed by atoms with E-state index in [0.29, 0.717) is 13.1 Å². The SMILES string of the molecule is BrCc1ccccc1.CCOC=O. The van der Waals surface area contributed by atoms with E-state index in [4.69, 9.17) is 0 Å². The van der Waals surface area contributed by atoms with Crippen LogP contribution in [0.15, 0.2) is 30.3 Å². The molecule has 1 aromatic carbocycles. The molecule has 3 heteroatoms. The standard InChI is InChI=1S/C7H7Br.C3H6O2/c8-6-7-4-2-1-3-5-7;1-2-5-3-4/h1-5H,6H2;3H,2H2,1H3. The Balaban J connectivity index is 0.000000252. The Kier molecular flexibility index (Phi) is 8.67. The van der Waals surface area contributed by atoms with Crippen molar-refractivity contribution in [1.82, 2.24) is 0 Å². The summed E-state index contributed by atoms with van der Waals surface area (Å²) < 4.78 is 4.15. The monoisotopic (exact) mass is 244 g/mol. The van der Waals surface area contributed by atoms with Gasteiger partial charge in [0.1, 0.15) is 0 Å². The molecule has 1 aromatic rings. The van der Waals surface area contributed by atoms with Gasteiger partial charge < -0.3 is 4.74 Å². The third kappa shape index (κ3) is 7.53. The van der Waals surface area contributed by atoms with Gasteiger partial charge in [-0.05, 0) is 12.5 Å². The van der Waals surface area contributed by atoms with E-state index in [1.807, 2.05) is 18.2 Å². The van der Waals surface area contributed by atoms with E-state index in [9.17, 15) is 4.79 Å². The van der Waals surface area contributed by atoms with E-state index in [1.165, 1.54) is 5.56 Å². The van der Waals surface area contributed by atoms with E-state index in [2.05, 4.69) is 32.8 Å². The highest BCUT2D eigenvalue weighted by Crippen LogP contribution is 2.02. The van der Waals surface area contributed by atoms with Crippen LogP contribution in [0.4, 0.5) is 0 Å². The average Bonchev–Trinajstić information content (AvgIpc) is 2.21. The molecule has 0 saturated carbocycles. The lowest BCUT2D eigenvalue weighted by Crippen LogP contribution is -1.80. The Bertz CT molecular complexity index is 211. The minimum Gasteiger partial charge on any atom is -0.468 e. The summed E-state index contributed by atoms with van der Waals surface area (Å²) >= 11 is 3.36. The topological polar surface area (TPSA) is 26.3 Å². The average molecular weight is 245 g/mol. The summed E-state index contributed by atoms with van der Waals surface area (Å²) in [5.41, 5.74) is 1.33. The molecule has 0 heterocycles. The first-order chi connectivity index (χ1) is 6.35. The van der Waals surface area contributed by atoms with Crippen molar-refractivity contribution in [2.75, 3.05) is 6.61 Å². The largest absolute Gasteiger partial charge is 0.468 e. The Hall–Kier alpha value is -0.830. The van der Waals surface area contributed by atoms with Gasteiger partial charge in [0.2, 0.25) is 0 Å². The highest BCUT2D eigenvalue weighted by Gasteiger charge is 1.81. The molecule has 2 nitrogen and oxygen atoms in total. The van der Waals surface area contributed by atoms with E-state index in [0.717, 1.165) is 5.33 Å². The highest BCUT2D eigenvalue weighted by atomic mass is 79.9. The molecular formula is C10H13BrO2. The lowest BCUT2D eigenvalue weighted by Gasteiger charge is -1.88. The second-order valence-electron chi connectivity index (χ2n) is 2.17. The number of ether oxygens (including phenoxy) is 1. The lowest BCUT2D eigenvalue weighted by atomic mass is 10.2. The summed E-state index contributed by atoms with van der Waals surface area (Å²) in [5.74, 6) is 0. The molecule has 1 rings (SSSR count). The Morgan fingerprint density at radius 3 is 2.23 bits per heavy atom. The minimum absolute atomic E-state index is 0.431. The zero-order valence-corrected chi connectivity index (χ0v) is 9.16. The molecule has 13 heavy (non-hydrogen) atoms. The number of alkyl halides is 1. The normalized spacial score (nSPS) is 8.15. The lowest BCUT2D eigenvalue weighted by molar-refractivity contribution is -0.128. The molecule has 0 atom stereocenters. The molecular weight excluding hydrogens is 232 g/mol. The molecule has 0 aliphatic rings. The molecule has 0 amide bonds. The number of benzene rings is 1. The number of rotatable bonds is 3. The number of carbonyl (C=O) groups excluding carboxylic acids is 1. The summed E-state index contributed by atoms with van der Waals surface area (Å²) in [5, 5.41) is 0.952. The summed E-state index contributed by atoms with van der Waals surface area (Å²) in [4.78, 5) is 9.18. The summed E-state index contributed by atoms with van der Waals surface area (Å²) in [6, 6.07) is 10.3. The summed E-state index contributed by atoms with van der Waals surface area (Å²) in [6.07, 6.45) is 0. The third-order valence-corrected chi connectivity index (χ3v) is 1.88. The van der Waals surface area contributed by atoms with Gasteiger partial charge in [-0.3, -0.25) is 4.79 Å². The van der Waals surface area contributed by atoms with E-state index in [1.54, 1.807) is 6.92 Å². The van der Waals surface area contributed by atoms with Crippen molar-refractivity contribution in [3.8, 4) is 0 Å². The second-order valence-corrected chi connectivity index (χ2v) is 2.73. The van der Waals surface area contributed by atoms with Crippen LogP contribution in [0.2, 0.25) is 0 Å². The van der Waals surface area contributed by atoms with Gasteiger partial charge in [0.25, 0.3) is 6.47 Å². The molecule has 0 aromatic heterocycles. The van der Waals surface area contributed by atoms with Crippen LogP contribution in [0.25, 0.3) is 0 Å². The molecule has 72 valence electrons. The predicted molar refractivity (Wildman–Crippen MR) is 56.8 cm³/mol. The first kappa shape index (κ1) is 12.2. The molecule has 0 aliphatic heterocycles. The predicted octanol–water partition coefficient (Wildman–Crippen LogP) is 2.76. The van der Waals surface area contributed by atoms with Crippen molar-refractivity contribution in [2.24, 2.45) is 0 Å². The van der Waals surface area contributed by atoms with Crippen molar-refractivity contribution >= 4 is 22.4 Å². The molecule has 0 spiro atoms. The van der Waals surface area contributed by atoms with Crippen LogP contribution >= 0.6 is 15.9 Å². The fourth-order valence-electron chi connectivity index (χ4n) is 0.635. The van der Waals surface area contributed by atoms with Gasteiger partial charge in [0.05, 0.1) is 6.61 Å². The minimum atomic E-state index is 0.431. The number of hydrogen-bond acceptors (Lipinski definition) is 2. The number of carbonyl (C=O) groups is 1. The van der Waals surface area contributed by atoms with Crippen molar-refractivity contribution in [3.63, 3.8) is 0 Å². The molecule has 0 saturated heterocycles. The van der Waals surface area contributed by atoms with Gasteiger partial charge in [-0.1, -0.05) is 46.3 Å². The van der Waals surface area contributed by atoms with Crippen LogP contribution in [0.5, 0.6) is 0 Å². The van der Waals surface area contributed by atoms with E-state index < -0.39 is 0 Å². The van der Waals surface area contributed by atoms with Gasteiger partial charge in [-0.2, -0.15) is 0 Å². The van der Waals surface area contributed by atoms with E-state index in [-0.39, 0.29) is 0 Å². The first-order valence-corrected chi connectivity index (χ1v) is 5.12. The van der Waals surface area contributed by atoms with Gasteiger partial charge in [0, 0.05) is 5.33 Å². The van der Waals surface area contributed by atoms with Gasteiger partial charge in [-0.15, -0.1) is 0 Å². The first-order valence-electron chi connectivity index (χ1n) is 4.00. The number of hydrogen-bond donors (Lipinski definition) is 0. The molecule has 0 unspecified atom stereocenters. The van der Waals surface area contributed by atoms with Crippen molar-refractivity contribution in [3.05, 3.63) is 35.9 Å². The van der Waals surface area contributed by atoms with Crippen LogP contribution in [-0.2, 0) is 14.9 Å². The van der Waals surface area contributed by atoms with Crippen molar-refractivity contribution < 1.29 is 9.53 Å². The van der Waals surface area contributed by atoms with Crippen LogP contribution < -0.4 is 0 Å². The van der Waals surface area contributed by atoms with Crippen LogP contribution in [-0.4, -0.2) is 13.1 Å².